The molecule has 2 aromatic carbocycles. The van der Waals surface area contributed by atoms with Crippen LogP contribution in [0.3, 0.4) is 0 Å². The van der Waals surface area contributed by atoms with Crippen LogP contribution in [0.1, 0.15) is 0 Å². The summed E-state index contributed by atoms with van der Waals surface area (Å²) in [6.45, 7) is 0. The maximum atomic E-state index is 12.1. The molecule has 10 nitrogen and oxygen atoms in total. The lowest BCUT2D eigenvalue weighted by Crippen LogP contribution is -1.99. The van der Waals surface area contributed by atoms with Crippen molar-refractivity contribution in [3.63, 3.8) is 0 Å². The van der Waals surface area contributed by atoms with Gasteiger partial charge in [-0.1, -0.05) is 23.9 Å². The van der Waals surface area contributed by atoms with Crippen LogP contribution < -0.4 is 0 Å². The Balaban J connectivity index is 1.81. The van der Waals surface area contributed by atoms with Crippen molar-refractivity contribution in [2.75, 3.05) is 12.9 Å². The summed E-state index contributed by atoms with van der Waals surface area (Å²) in [4.78, 5) is 32.4. The molecule has 4 aromatic rings. The van der Waals surface area contributed by atoms with Gasteiger partial charge in [-0.3, -0.25) is 15.0 Å². The second-order valence-electron chi connectivity index (χ2n) is 5.99. The molecule has 0 spiro atoms. The van der Waals surface area contributed by atoms with E-state index in [2.05, 4.69) is 25.4 Å². The van der Waals surface area contributed by atoms with Crippen molar-refractivity contribution in [2.24, 2.45) is 0 Å². The van der Waals surface area contributed by atoms with E-state index in [-0.39, 0.29) is 11.4 Å². The number of nitrogens with one attached hydrogen (secondary N) is 2. The van der Waals surface area contributed by atoms with E-state index in [0.29, 0.717) is 21.5 Å². The Bertz CT molecular complexity index is 1220. The van der Waals surface area contributed by atoms with Gasteiger partial charge in [-0.25, -0.2) is 9.82 Å². The number of carboxylic acids is 1. The molecular formula is C18H15N6O4S+. The highest BCUT2D eigenvalue weighted by Crippen LogP contribution is 2.34. The zero-order valence-corrected chi connectivity index (χ0v) is 15.9. The van der Waals surface area contributed by atoms with Gasteiger partial charge in [0.05, 0.1) is 22.4 Å². The molecule has 0 saturated carbocycles. The predicted molar refractivity (Wildman–Crippen MR) is 106 cm³/mol. The first-order valence-electron chi connectivity index (χ1n) is 8.41. The quantitative estimate of drug-likeness (QED) is 0.311. The molecule has 0 aliphatic carbocycles. The predicted octanol–water partition coefficient (Wildman–Crippen LogP) is 3.16. The standard InChI is InChI=1S/C18H14N6O4S/c1-28-24(27)12-6-10(13-3-2-4-15-14(13)8-19-21-15)5-11(7-12)17-20-18(23-22-17)29-9-16(25)26/h2-8H,9H2,1H3,(H2-,19,20,21,22,23,25,26)/p+1. The molecule has 11 heteroatoms. The van der Waals surface area contributed by atoms with Crippen molar-refractivity contribution in [1.29, 1.82) is 0 Å². The molecule has 0 saturated heterocycles. The monoisotopic (exact) mass is 411 g/mol. The van der Waals surface area contributed by atoms with Gasteiger partial charge < -0.3 is 5.11 Å². The average molecular weight is 411 g/mol. The number of aromatic amines is 2. The summed E-state index contributed by atoms with van der Waals surface area (Å²) in [6.07, 6.45) is 1.72. The SMILES string of the molecule is CO[N+](=O)c1cc(-c2nc(SCC(=O)O)n[nH]2)cc(-c2cccc3[nH]ncc23)c1. The van der Waals surface area contributed by atoms with Crippen molar-refractivity contribution in [3.05, 3.63) is 47.5 Å². The molecule has 2 aromatic heterocycles. The second-order valence-corrected chi connectivity index (χ2v) is 6.94. The normalized spacial score (nSPS) is 10.9. The number of aliphatic carboxylic acids is 1. The van der Waals surface area contributed by atoms with E-state index in [9.17, 15) is 9.70 Å². The number of thioether (sulfide) groups is 1. The number of carbonyl (C=O) groups is 1. The topological polar surface area (TPSA) is 137 Å². The molecular weight excluding hydrogens is 396 g/mol. The Morgan fingerprint density at radius 3 is 2.86 bits per heavy atom. The van der Waals surface area contributed by atoms with Crippen LogP contribution in [-0.2, 0) is 9.63 Å². The highest BCUT2D eigenvalue weighted by Gasteiger charge is 2.20. The third-order valence-corrected chi connectivity index (χ3v) is 4.99. The van der Waals surface area contributed by atoms with Gasteiger partial charge in [0.2, 0.25) is 5.16 Å². The summed E-state index contributed by atoms with van der Waals surface area (Å²) in [7, 11) is 1.28. The Kier molecular flexibility index (Phi) is 4.96. The lowest BCUT2D eigenvalue weighted by molar-refractivity contribution is -0.736. The van der Waals surface area contributed by atoms with Crippen molar-refractivity contribution in [3.8, 4) is 22.5 Å². The highest BCUT2D eigenvalue weighted by molar-refractivity contribution is 7.99. The largest absolute Gasteiger partial charge is 0.481 e. The molecule has 0 aliphatic heterocycles. The summed E-state index contributed by atoms with van der Waals surface area (Å²) in [6, 6.07) is 10.9. The molecule has 4 rings (SSSR count). The Hall–Kier alpha value is -3.73. The van der Waals surface area contributed by atoms with Crippen molar-refractivity contribution < 1.29 is 19.7 Å². The van der Waals surface area contributed by atoms with Crippen LogP contribution in [0.5, 0.6) is 0 Å². The summed E-state index contributed by atoms with van der Waals surface area (Å²) in [5.74, 6) is -0.700. The lowest BCUT2D eigenvalue weighted by atomic mass is 9.99. The summed E-state index contributed by atoms with van der Waals surface area (Å²) < 4.78 is 0. The average Bonchev–Trinajstić information content (AvgIpc) is 3.40. The van der Waals surface area contributed by atoms with E-state index in [1.807, 2.05) is 24.3 Å². The van der Waals surface area contributed by atoms with Crippen LogP contribution in [0.15, 0.2) is 47.8 Å². The molecule has 3 N–H and O–H groups in total. The first-order chi connectivity index (χ1) is 14.0. The zero-order chi connectivity index (χ0) is 20.4. The van der Waals surface area contributed by atoms with Gasteiger partial charge in [-0.05, 0) is 23.3 Å². The Labute approximate surface area is 167 Å². The minimum Gasteiger partial charge on any atom is -0.481 e. The summed E-state index contributed by atoms with van der Waals surface area (Å²) in [5.41, 5.74) is 3.39. The molecule has 0 aliphatic rings. The number of aromatic nitrogens is 5. The molecule has 146 valence electrons. The molecule has 2 heterocycles. The number of carboxylic acid groups (broad SMARTS) is 1. The van der Waals surface area contributed by atoms with Crippen LogP contribution >= 0.6 is 11.8 Å². The summed E-state index contributed by atoms with van der Waals surface area (Å²) >= 11 is 1.00. The van der Waals surface area contributed by atoms with Crippen LogP contribution in [0.2, 0.25) is 0 Å². The van der Waals surface area contributed by atoms with E-state index >= 15 is 0 Å². The van der Waals surface area contributed by atoms with Gasteiger partial charge in [0.15, 0.2) is 12.9 Å². The minimum atomic E-state index is -0.957. The van der Waals surface area contributed by atoms with E-state index in [4.69, 9.17) is 9.94 Å². The van der Waals surface area contributed by atoms with E-state index < -0.39 is 5.97 Å². The summed E-state index contributed by atoms with van der Waals surface area (Å²) in [5, 5.41) is 23.8. The number of hydrogen-bond acceptors (Lipinski definition) is 7. The Morgan fingerprint density at radius 2 is 2.07 bits per heavy atom. The van der Waals surface area contributed by atoms with Gasteiger partial charge in [0, 0.05) is 23.1 Å². The molecule has 0 amide bonds. The number of H-pyrrole nitrogens is 2. The number of hydrogen-bond donors (Lipinski definition) is 3. The van der Waals surface area contributed by atoms with Crippen molar-refractivity contribution in [2.45, 2.75) is 5.16 Å². The molecule has 0 unspecified atom stereocenters. The van der Waals surface area contributed by atoms with Crippen molar-refractivity contribution in [1.82, 2.24) is 25.4 Å². The van der Waals surface area contributed by atoms with Gasteiger partial charge in [-0.2, -0.15) is 5.10 Å². The van der Waals surface area contributed by atoms with E-state index in [1.165, 1.54) is 7.11 Å². The number of nitrogens with zero attached hydrogens (tertiary/aromatic N) is 4. The van der Waals surface area contributed by atoms with Gasteiger partial charge in [0.25, 0.3) is 4.92 Å². The van der Waals surface area contributed by atoms with E-state index in [1.54, 1.807) is 18.3 Å². The van der Waals surface area contributed by atoms with Crippen LogP contribution in [-0.4, -0.2) is 54.2 Å². The smallest absolute Gasteiger partial charge is 0.318 e. The molecule has 0 bridgehead atoms. The van der Waals surface area contributed by atoms with Crippen LogP contribution in [0.25, 0.3) is 33.4 Å². The van der Waals surface area contributed by atoms with Crippen molar-refractivity contribution >= 4 is 34.3 Å². The first-order valence-corrected chi connectivity index (χ1v) is 9.40. The minimum absolute atomic E-state index is 0.150. The maximum absolute atomic E-state index is 12.1. The highest BCUT2D eigenvalue weighted by atomic mass is 32.2. The molecule has 0 atom stereocenters. The molecule has 29 heavy (non-hydrogen) atoms. The van der Waals surface area contributed by atoms with Gasteiger partial charge >= 0.3 is 11.7 Å². The van der Waals surface area contributed by atoms with E-state index in [0.717, 1.165) is 33.8 Å². The fourth-order valence-electron chi connectivity index (χ4n) is 2.90. The molecule has 0 fully saturated rings. The third-order valence-electron chi connectivity index (χ3n) is 4.15. The van der Waals surface area contributed by atoms with Crippen LogP contribution in [0.4, 0.5) is 5.69 Å². The third kappa shape index (κ3) is 3.80. The number of fused-ring (bicyclic) bond motifs is 1. The number of benzene rings is 2. The Morgan fingerprint density at radius 1 is 1.24 bits per heavy atom. The first kappa shape index (κ1) is 18.6. The van der Waals surface area contributed by atoms with Crippen LogP contribution in [0, 0.1) is 4.91 Å². The number of rotatable bonds is 7. The van der Waals surface area contributed by atoms with Gasteiger partial charge in [-0.15, -0.1) is 5.10 Å². The lowest BCUT2D eigenvalue weighted by Gasteiger charge is -2.05. The van der Waals surface area contributed by atoms with Gasteiger partial charge in [0.1, 0.15) is 0 Å². The second kappa shape index (κ2) is 7.72. The molecule has 0 radical (unpaired) electrons. The zero-order valence-electron chi connectivity index (χ0n) is 15.1. The maximum Gasteiger partial charge on any atom is 0.318 e. The fraction of sp³-hybridized carbons (Fsp3) is 0.111. The fourth-order valence-corrected chi connectivity index (χ4v) is 3.42.